The molecule has 14 aromatic rings. The molecule has 0 fully saturated rings. The smallest absolute Gasteiger partial charge is 0.146 e. The molecular formula is C62H43BrN6O2. The number of aromatic hydroxyl groups is 1. The van der Waals surface area contributed by atoms with Gasteiger partial charge in [0.05, 0.1) is 44.5 Å². The minimum atomic E-state index is 0.261. The van der Waals surface area contributed by atoms with E-state index in [9.17, 15) is 5.11 Å². The van der Waals surface area contributed by atoms with Crippen LogP contribution in [0.2, 0.25) is 0 Å². The summed E-state index contributed by atoms with van der Waals surface area (Å²) in [4.78, 5) is 18.6. The summed E-state index contributed by atoms with van der Waals surface area (Å²) in [6.45, 7) is 4.14. The Morgan fingerprint density at radius 1 is 0.423 bits per heavy atom. The van der Waals surface area contributed by atoms with Crippen molar-refractivity contribution in [1.29, 1.82) is 0 Å². The van der Waals surface area contributed by atoms with Gasteiger partial charge in [-0.25, -0.2) is 9.97 Å². The average molecular weight is 984 g/mol. The Morgan fingerprint density at radius 2 is 0.915 bits per heavy atom. The number of rotatable bonds is 4. The van der Waals surface area contributed by atoms with Gasteiger partial charge in [0.15, 0.2) is 0 Å². The van der Waals surface area contributed by atoms with Crippen molar-refractivity contribution in [3.63, 3.8) is 0 Å². The van der Waals surface area contributed by atoms with Crippen molar-refractivity contribution in [1.82, 2.24) is 28.7 Å². The highest BCUT2D eigenvalue weighted by Gasteiger charge is 2.16. The number of ether oxygens (including phenoxy) is 1. The van der Waals surface area contributed by atoms with Crippen LogP contribution >= 0.6 is 15.9 Å². The molecule has 6 heterocycles. The maximum atomic E-state index is 9.90. The molecule has 0 saturated carbocycles. The second-order valence-electron chi connectivity index (χ2n) is 17.5. The normalized spacial score (nSPS) is 11.4. The van der Waals surface area contributed by atoms with Crippen LogP contribution in [0.25, 0.3) is 99.2 Å². The Morgan fingerprint density at radius 3 is 1.48 bits per heavy atom. The monoisotopic (exact) mass is 982 g/mol. The minimum absolute atomic E-state index is 0.261. The number of para-hydroxylation sites is 6. The molecule has 0 atom stereocenters. The highest BCUT2D eigenvalue weighted by atomic mass is 79.9. The lowest BCUT2D eigenvalue weighted by atomic mass is 10.1. The quantitative estimate of drug-likeness (QED) is 0.177. The topological polar surface area (TPSA) is 89.8 Å². The van der Waals surface area contributed by atoms with Crippen LogP contribution in [0.4, 0.5) is 0 Å². The summed E-state index contributed by atoms with van der Waals surface area (Å²) in [5.74, 6) is 1.86. The standard InChI is InChI=1S/C31H21N3O.C19H12N2O.C12H10BrN/c1-20-13-14-21(26-9-6-7-17-32-26)18-30(20)35-22-15-16-23-24-8-2-4-11-28(24)34-29-12-5-3-10-27(29)33-31(34)25(23)19-22;22-12-9-10-13-14-5-1-3-7-17(14)21-18-8-4-2-6-16(18)20-19(21)15(13)11-12;1-9-5-6-10(8-11(9)13)12-4-2-3-7-14-12/h2-19H,1H3;1-11,22H;2-8H,1H3. The van der Waals surface area contributed by atoms with Crippen LogP contribution in [0.5, 0.6) is 17.2 Å². The number of benzene rings is 8. The molecule has 0 bridgehead atoms. The molecule has 1 N–H and O–H groups in total. The fourth-order valence-corrected chi connectivity index (χ4v) is 9.85. The van der Waals surface area contributed by atoms with Crippen LogP contribution in [-0.4, -0.2) is 33.8 Å². The summed E-state index contributed by atoms with van der Waals surface area (Å²) >= 11 is 3.52. The molecule has 71 heavy (non-hydrogen) atoms. The molecule has 0 unspecified atom stereocenters. The Labute approximate surface area is 416 Å². The number of aromatic nitrogens is 6. The average Bonchev–Trinajstić information content (AvgIpc) is 4.02. The summed E-state index contributed by atoms with van der Waals surface area (Å²) in [5, 5.41) is 16.6. The minimum Gasteiger partial charge on any atom is -0.508 e. The molecule has 0 spiro atoms. The Kier molecular flexibility index (Phi) is 11.1. The third-order valence-corrected chi connectivity index (χ3v) is 13.8. The van der Waals surface area contributed by atoms with Crippen LogP contribution in [0, 0.1) is 13.8 Å². The van der Waals surface area contributed by atoms with Crippen molar-refractivity contribution in [2.75, 3.05) is 0 Å². The molecule has 9 heteroatoms. The fraction of sp³-hybridized carbons (Fsp3) is 0.0323. The molecule has 0 aliphatic heterocycles. The van der Waals surface area contributed by atoms with Crippen molar-refractivity contribution >= 4 is 92.6 Å². The first-order valence-electron chi connectivity index (χ1n) is 23.4. The number of pyridine rings is 4. The van der Waals surface area contributed by atoms with Gasteiger partial charge in [-0.1, -0.05) is 113 Å². The maximum Gasteiger partial charge on any atom is 0.146 e. The van der Waals surface area contributed by atoms with E-state index in [1.54, 1.807) is 12.1 Å². The molecule has 340 valence electrons. The number of phenolic OH excluding ortho intramolecular Hbond substituents is 1. The maximum absolute atomic E-state index is 9.90. The van der Waals surface area contributed by atoms with Gasteiger partial charge >= 0.3 is 0 Å². The second-order valence-corrected chi connectivity index (χ2v) is 18.3. The third kappa shape index (κ3) is 8.02. The molecule has 14 rings (SSSR count). The molecule has 6 aromatic heterocycles. The van der Waals surface area contributed by atoms with E-state index in [0.29, 0.717) is 0 Å². The summed E-state index contributed by atoms with van der Waals surface area (Å²) in [6.07, 6.45) is 3.62. The lowest BCUT2D eigenvalue weighted by Gasteiger charge is -2.13. The Bertz CT molecular complexity index is 4320. The van der Waals surface area contributed by atoms with Crippen molar-refractivity contribution in [3.05, 3.63) is 234 Å². The summed E-state index contributed by atoms with van der Waals surface area (Å²) < 4.78 is 12.0. The van der Waals surface area contributed by atoms with E-state index in [-0.39, 0.29) is 5.75 Å². The van der Waals surface area contributed by atoms with Gasteiger partial charge in [-0.05, 0) is 145 Å². The molecule has 0 amide bonds. The summed E-state index contributed by atoms with van der Waals surface area (Å²) in [7, 11) is 0. The van der Waals surface area contributed by atoms with Crippen molar-refractivity contribution < 1.29 is 9.84 Å². The van der Waals surface area contributed by atoms with Gasteiger partial charge in [0.1, 0.15) is 28.5 Å². The molecule has 0 aliphatic carbocycles. The molecule has 0 aliphatic rings. The zero-order chi connectivity index (χ0) is 48.0. The van der Waals surface area contributed by atoms with Crippen LogP contribution in [0.3, 0.4) is 0 Å². The molecule has 0 radical (unpaired) electrons. The molecular weight excluding hydrogens is 941 g/mol. The number of hydrogen-bond acceptors (Lipinski definition) is 6. The zero-order valence-electron chi connectivity index (χ0n) is 38.7. The largest absolute Gasteiger partial charge is 0.508 e. The Balaban J connectivity index is 0.000000122. The predicted octanol–water partition coefficient (Wildman–Crippen LogP) is 16.3. The van der Waals surface area contributed by atoms with Gasteiger partial charge in [0.2, 0.25) is 0 Å². The highest BCUT2D eigenvalue weighted by Crippen LogP contribution is 2.38. The first-order chi connectivity index (χ1) is 34.9. The molecule has 0 saturated heterocycles. The number of imidazole rings is 2. The second kappa shape index (κ2) is 18.2. The first-order valence-corrected chi connectivity index (χ1v) is 24.2. The van der Waals surface area contributed by atoms with E-state index in [4.69, 9.17) is 14.7 Å². The van der Waals surface area contributed by atoms with Crippen LogP contribution in [0.1, 0.15) is 11.1 Å². The van der Waals surface area contributed by atoms with Gasteiger partial charge in [-0.2, -0.15) is 0 Å². The van der Waals surface area contributed by atoms with Crippen LogP contribution in [-0.2, 0) is 0 Å². The van der Waals surface area contributed by atoms with Gasteiger partial charge < -0.3 is 9.84 Å². The lowest BCUT2D eigenvalue weighted by Crippen LogP contribution is -1.93. The van der Waals surface area contributed by atoms with Crippen LogP contribution in [0.15, 0.2) is 223 Å². The van der Waals surface area contributed by atoms with E-state index in [1.807, 2.05) is 97.3 Å². The van der Waals surface area contributed by atoms with Crippen LogP contribution < -0.4 is 4.74 Å². The van der Waals surface area contributed by atoms with E-state index in [0.717, 1.165) is 115 Å². The van der Waals surface area contributed by atoms with E-state index >= 15 is 0 Å². The van der Waals surface area contributed by atoms with E-state index in [1.165, 1.54) is 10.9 Å². The number of aryl methyl sites for hydroxylation is 2. The number of fused-ring (bicyclic) bond motifs is 16. The fourth-order valence-electron chi connectivity index (χ4n) is 9.47. The van der Waals surface area contributed by atoms with Gasteiger partial charge in [0, 0.05) is 49.5 Å². The van der Waals surface area contributed by atoms with Crippen molar-refractivity contribution in [2.24, 2.45) is 0 Å². The highest BCUT2D eigenvalue weighted by molar-refractivity contribution is 9.10. The number of halogens is 1. The van der Waals surface area contributed by atoms with Crippen molar-refractivity contribution in [3.8, 4) is 39.8 Å². The number of nitrogens with zero attached hydrogens (tertiary/aromatic N) is 6. The molecule has 8 nitrogen and oxygen atoms in total. The molecule has 8 aromatic carbocycles. The Hall–Kier alpha value is -8.92. The third-order valence-electron chi connectivity index (χ3n) is 13.0. The van der Waals surface area contributed by atoms with Crippen molar-refractivity contribution in [2.45, 2.75) is 13.8 Å². The lowest BCUT2D eigenvalue weighted by molar-refractivity contribution is 0.476. The first kappa shape index (κ1) is 43.4. The summed E-state index contributed by atoms with van der Waals surface area (Å²) in [6, 6.07) is 69.3. The summed E-state index contributed by atoms with van der Waals surface area (Å²) in [5.41, 5.74) is 14.6. The van der Waals surface area contributed by atoms with Gasteiger partial charge in [-0.15, -0.1) is 0 Å². The zero-order valence-corrected chi connectivity index (χ0v) is 40.3. The van der Waals surface area contributed by atoms with E-state index in [2.05, 4.69) is 158 Å². The number of phenols is 1. The predicted molar refractivity (Wildman–Crippen MR) is 294 cm³/mol. The van der Waals surface area contributed by atoms with Gasteiger partial charge in [-0.3, -0.25) is 18.8 Å². The van der Waals surface area contributed by atoms with Gasteiger partial charge in [0.25, 0.3) is 0 Å². The van der Waals surface area contributed by atoms with E-state index < -0.39 is 0 Å². The number of hydrogen-bond donors (Lipinski definition) is 1. The SMILES string of the molecule is Cc1ccc(-c2ccccn2)cc1Br.Cc1ccc(-c2ccccn2)cc1Oc1ccc2c3ccccc3n3c4ccccc4nc3c2c1.Oc1ccc2c3ccccc3n3c4ccccc4nc3c2c1.